The minimum Gasteiger partial charge on any atom is -0.478 e. The van der Waals surface area contributed by atoms with Crippen LogP contribution in [0.15, 0.2) is 42.6 Å². The Bertz CT molecular complexity index is 777. The fourth-order valence-electron chi connectivity index (χ4n) is 3.30. The average Bonchev–Trinajstić information content (AvgIpc) is 2.77. The van der Waals surface area contributed by atoms with E-state index in [1.54, 1.807) is 18.3 Å². The molecule has 0 radical (unpaired) electrons. The highest BCUT2D eigenvalue weighted by molar-refractivity contribution is 5.89. The zero-order valence-corrected chi connectivity index (χ0v) is 13.3. The van der Waals surface area contributed by atoms with Crippen molar-refractivity contribution in [2.45, 2.75) is 31.5 Å². The van der Waals surface area contributed by atoms with Gasteiger partial charge in [0.1, 0.15) is 0 Å². The lowest BCUT2D eigenvalue weighted by molar-refractivity contribution is -0.150. The first-order valence-corrected chi connectivity index (χ1v) is 7.99. The summed E-state index contributed by atoms with van der Waals surface area (Å²) in [4.78, 5) is 16.9. The van der Waals surface area contributed by atoms with Crippen molar-refractivity contribution in [3.05, 3.63) is 59.4 Å². The number of carboxylic acid groups (broad SMARTS) is 1. The Morgan fingerprint density at radius 3 is 2.64 bits per heavy atom. The average molecular weight is 350 g/mol. The fraction of sp³-hybridized carbons (Fsp3) is 0.333. The highest BCUT2D eigenvalue weighted by atomic mass is 19.4. The van der Waals surface area contributed by atoms with Crippen LogP contribution < -0.4 is 4.90 Å². The number of pyridine rings is 1. The Morgan fingerprint density at radius 1 is 1.16 bits per heavy atom. The van der Waals surface area contributed by atoms with Gasteiger partial charge < -0.3 is 10.0 Å². The number of hydrogen-bond acceptors (Lipinski definition) is 3. The molecular weight excluding hydrogens is 333 g/mol. The fourth-order valence-corrected chi connectivity index (χ4v) is 3.30. The van der Waals surface area contributed by atoms with Gasteiger partial charge >= 0.3 is 12.1 Å². The van der Waals surface area contributed by atoms with Gasteiger partial charge in [-0.05, 0) is 43.0 Å². The molecule has 0 bridgehead atoms. The van der Waals surface area contributed by atoms with Crippen LogP contribution in [0, 0.1) is 0 Å². The van der Waals surface area contributed by atoms with E-state index in [2.05, 4.69) is 4.98 Å². The number of anilines is 1. The molecule has 0 spiro atoms. The third-order valence-corrected chi connectivity index (χ3v) is 4.35. The molecule has 2 heterocycles. The molecule has 0 aliphatic carbocycles. The number of aromatic carboxylic acids is 1. The molecule has 3 rings (SSSR count). The Kier molecular flexibility index (Phi) is 4.65. The van der Waals surface area contributed by atoms with Gasteiger partial charge in [-0.3, -0.25) is 4.98 Å². The van der Waals surface area contributed by atoms with Crippen molar-refractivity contribution in [2.24, 2.45) is 0 Å². The Morgan fingerprint density at radius 2 is 1.92 bits per heavy atom. The SMILES string of the molecule is O=C(O)c1ccccc1C(N1CCCCc2ncccc21)C(F)(F)F. The van der Waals surface area contributed by atoms with Gasteiger partial charge in [0.25, 0.3) is 0 Å². The number of benzene rings is 1. The van der Waals surface area contributed by atoms with Crippen LogP contribution in [0.4, 0.5) is 18.9 Å². The molecule has 0 saturated carbocycles. The van der Waals surface area contributed by atoms with Crippen molar-refractivity contribution >= 4 is 11.7 Å². The zero-order chi connectivity index (χ0) is 18.0. The second-order valence-corrected chi connectivity index (χ2v) is 5.96. The molecule has 1 aliphatic rings. The maximum atomic E-state index is 14.0. The van der Waals surface area contributed by atoms with Crippen molar-refractivity contribution in [1.29, 1.82) is 0 Å². The number of carbonyl (C=O) groups is 1. The maximum Gasteiger partial charge on any atom is 0.413 e. The predicted molar refractivity (Wildman–Crippen MR) is 86.7 cm³/mol. The Labute approximate surface area is 142 Å². The normalized spacial score (nSPS) is 16.0. The first kappa shape index (κ1) is 17.3. The molecule has 25 heavy (non-hydrogen) atoms. The van der Waals surface area contributed by atoms with E-state index >= 15 is 0 Å². The molecule has 4 nitrogen and oxygen atoms in total. The lowest BCUT2D eigenvalue weighted by Crippen LogP contribution is -2.40. The third-order valence-electron chi connectivity index (χ3n) is 4.35. The first-order chi connectivity index (χ1) is 11.9. The molecule has 1 unspecified atom stereocenters. The van der Waals surface area contributed by atoms with Gasteiger partial charge in [0.05, 0.1) is 16.9 Å². The summed E-state index contributed by atoms with van der Waals surface area (Å²) < 4.78 is 42.0. The van der Waals surface area contributed by atoms with Crippen LogP contribution in [0.2, 0.25) is 0 Å². The Balaban J connectivity index is 2.17. The summed E-state index contributed by atoms with van der Waals surface area (Å²) in [6, 6.07) is 6.51. The minimum atomic E-state index is -4.62. The number of rotatable bonds is 3. The number of nitrogens with zero attached hydrogens (tertiary/aromatic N) is 2. The monoisotopic (exact) mass is 350 g/mol. The molecule has 1 aliphatic heterocycles. The van der Waals surface area contributed by atoms with Crippen LogP contribution in [0.1, 0.15) is 40.5 Å². The van der Waals surface area contributed by atoms with Gasteiger partial charge in [0, 0.05) is 12.7 Å². The summed E-state index contributed by atoms with van der Waals surface area (Å²) in [7, 11) is 0. The summed E-state index contributed by atoms with van der Waals surface area (Å²) in [5.41, 5.74) is 0.447. The van der Waals surface area contributed by atoms with Crippen LogP contribution in [0.5, 0.6) is 0 Å². The molecule has 132 valence electrons. The summed E-state index contributed by atoms with van der Waals surface area (Å²) in [5, 5.41) is 9.33. The molecule has 7 heteroatoms. The number of hydrogen-bond donors (Lipinski definition) is 1. The smallest absolute Gasteiger partial charge is 0.413 e. The summed E-state index contributed by atoms with van der Waals surface area (Å²) in [6.45, 7) is 0.191. The summed E-state index contributed by atoms with van der Waals surface area (Å²) in [5.74, 6) is -1.37. The number of aryl methyl sites for hydroxylation is 1. The summed E-state index contributed by atoms with van der Waals surface area (Å²) in [6.07, 6.45) is -1.12. The van der Waals surface area contributed by atoms with E-state index in [9.17, 15) is 23.1 Å². The number of fused-ring (bicyclic) bond motifs is 1. The number of alkyl halides is 3. The van der Waals surface area contributed by atoms with Gasteiger partial charge in [-0.15, -0.1) is 0 Å². The quantitative estimate of drug-likeness (QED) is 0.900. The first-order valence-electron chi connectivity index (χ1n) is 7.99. The molecule has 2 aromatic rings. The van der Waals surface area contributed by atoms with Gasteiger partial charge in [-0.25, -0.2) is 4.79 Å². The molecule has 1 N–H and O–H groups in total. The molecular formula is C18H17F3N2O2. The molecule has 0 fully saturated rings. The van der Waals surface area contributed by atoms with Crippen molar-refractivity contribution in [2.75, 3.05) is 11.4 Å². The molecule has 1 aromatic heterocycles. The van der Waals surface area contributed by atoms with E-state index in [4.69, 9.17) is 0 Å². The third kappa shape index (κ3) is 3.45. The van der Waals surface area contributed by atoms with E-state index in [0.717, 1.165) is 6.42 Å². The topological polar surface area (TPSA) is 53.4 Å². The van der Waals surface area contributed by atoms with Gasteiger partial charge in [0.15, 0.2) is 6.04 Å². The molecule has 0 saturated heterocycles. The van der Waals surface area contributed by atoms with Crippen LogP contribution in [-0.4, -0.2) is 28.8 Å². The highest BCUT2D eigenvalue weighted by Gasteiger charge is 2.47. The number of halogens is 3. The van der Waals surface area contributed by atoms with E-state index in [1.165, 1.54) is 29.2 Å². The van der Waals surface area contributed by atoms with Gasteiger partial charge in [-0.2, -0.15) is 13.2 Å². The second-order valence-electron chi connectivity index (χ2n) is 5.96. The zero-order valence-electron chi connectivity index (χ0n) is 13.3. The van der Waals surface area contributed by atoms with E-state index < -0.39 is 18.2 Å². The molecule has 0 amide bonds. The predicted octanol–water partition coefficient (Wildman–Crippen LogP) is 4.23. The second kappa shape index (κ2) is 6.74. The summed E-state index contributed by atoms with van der Waals surface area (Å²) >= 11 is 0. The number of aromatic nitrogens is 1. The van der Waals surface area contributed by atoms with Gasteiger partial charge in [0.2, 0.25) is 0 Å². The Hall–Kier alpha value is -2.57. The number of carboxylic acids is 1. The van der Waals surface area contributed by atoms with Crippen molar-refractivity contribution in [3.8, 4) is 0 Å². The van der Waals surface area contributed by atoms with Gasteiger partial charge in [-0.1, -0.05) is 18.2 Å². The maximum absolute atomic E-state index is 14.0. The van der Waals surface area contributed by atoms with E-state index in [0.29, 0.717) is 24.2 Å². The molecule has 1 atom stereocenters. The van der Waals surface area contributed by atoms with Crippen molar-refractivity contribution in [3.63, 3.8) is 0 Å². The van der Waals surface area contributed by atoms with E-state index in [-0.39, 0.29) is 17.7 Å². The van der Waals surface area contributed by atoms with Crippen molar-refractivity contribution < 1.29 is 23.1 Å². The highest BCUT2D eigenvalue weighted by Crippen LogP contribution is 2.43. The van der Waals surface area contributed by atoms with E-state index in [1.807, 2.05) is 0 Å². The van der Waals surface area contributed by atoms with Crippen molar-refractivity contribution in [1.82, 2.24) is 4.98 Å². The van der Waals surface area contributed by atoms with Crippen LogP contribution in [0.3, 0.4) is 0 Å². The van der Waals surface area contributed by atoms with Crippen LogP contribution in [-0.2, 0) is 6.42 Å². The van der Waals surface area contributed by atoms with Crippen LogP contribution >= 0.6 is 0 Å². The molecule has 1 aromatic carbocycles. The lowest BCUT2D eigenvalue weighted by Gasteiger charge is -2.35. The minimum absolute atomic E-state index is 0.191. The standard InChI is InChI=1S/C18H17F3N2O2/c19-18(20,21)16(12-6-1-2-7-13(12)17(24)25)23-11-4-3-8-14-15(23)9-5-10-22-14/h1-2,5-7,9-10,16H,3-4,8,11H2,(H,24,25). The lowest BCUT2D eigenvalue weighted by atomic mass is 9.97. The largest absolute Gasteiger partial charge is 0.478 e. The van der Waals surface area contributed by atoms with Crippen LogP contribution in [0.25, 0.3) is 0 Å².